The smallest absolute Gasteiger partial charge is 0.250 e. The van der Waals surface area contributed by atoms with E-state index in [1.807, 2.05) is 18.2 Å². The van der Waals surface area contributed by atoms with Crippen molar-refractivity contribution in [1.29, 1.82) is 0 Å². The zero-order chi connectivity index (χ0) is 18.6. The number of aromatic nitrogens is 1. The molecular weight excluding hydrogens is 338 g/mol. The summed E-state index contributed by atoms with van der Waals surface area (Å²) in [6, 6.07) is 20.2. The standard InChI is InChI=1S/C22H21N3O2/c23-22(26)17-9-10-21(25-14-17)27-20-8-4-7-16-11-18(12-19(16)20)24-13-15-5-2-1-3-6-15/h1-10,14,18,24H,11-13H2,(H2,23,26). The largest absolute Gasteiger partial charge is 0.439 e. The number of amides is 1. The number of primary amides is 1. The first-order chi connectivity index (χ1) is 13.2. The normalized spacial score (nSPS) is 15.3. The molecule has 0 bridgehead atoms. The molecule has 5 heteroatoms. The van der Waals surface area contributed by atoms with E-state index in [0.717, 1.165) is 25.1 Å². The summed E-state index contributed by atoms with van der Waals surface area (Å²) in [5.41, 5.74) is 9.41. The van der Waals surface area contributed by atoms with Gasteiger partial charge < -0.3 is 15.8 Å². The minimum Gasteiger partial charge on any atom is -0.439 e. The van der Waals surface area contributed by atoms with Gasteiger partial charge in [-0.25, -0.2) is 4.98 Å². The van der Waals surface area contributed by atoms with Gasteiger partial charge in [-0.1, -0.05) is 42.5 Å². The van der Waals surface area contributed by atoms with Gasteiger partial charge in [0.2, 0.25) is 11.8 Å². The number of benzene rings is 2. The van der Waals surface area contributed by atoms with E-state index < -0.39 is 5.91 Å². The average molecular weight is 359 g/mol. The molecule has 0 aliphatic heterocycles. The van der Waals surface area contributed by atoms with Crippen molar-refractivity contribution >= 4 is 5.91 Å². The molecule has 0 saturated heterocycles. The van der Waals surface area contributed by atoms with E-state index in [0.29, 0.717) is 17.5 Å². The first-order valence-electron chi connectivity index (χ1n) is 9.01. The Balaban J connectivity index is 1.44. The topological polar surface area (TPSA) is 77.2 Å². The van der Waals surface area contributed by atoms with Crippen LogP contribution in [0.25, 0.3) is 0 Å². The highest BCUT2D eigenvalue weighted by Gasteiger charge is 2.24. The fourth-order valence-corrected chi connectivity index (χ4v) is 3.42. The van der Waals surface area contributed by atoms with Crippen molar-refractivity contribution < 1.29 is 9.53 Å². The molecular formula is C22H21N3O2. The molecule has 136 valence electrons. The van der Waals surface area contributed by atoms with Crippen LogP contribution in [0.5, 0.6) is 11.6 Å². The number of nitrogens with one attached hydrogen (secondary N) is 1. The van der Waals surface area contributed by atoms with Crippen molar-refractivity contribution in [2.24, 2.45) is 5.73 Å². The highest BCUT2D eigenvalue weighted by atomic mass is 16.5. The fraction of sp³-hybridized carbons (Fsp3) is 0.182. The van der Waals surface area contributed by atoms with Crippen LogP contribution in [0.2, 0.25) is 0 Å². The Morgan fingerprint density at radius 3 is 2.67 bits per heavy atom. The molecule has 1 unspecified atom stereocenters. The third-order valence-electron chi connectivity index (χ3n) is 4.82. The Labute approximate surface area is 158 Å². The summed E-state index contributed by atoms with van der Waals surface area (Å²) in [4.78, 5) is 15.3. The van der Waals surface area contributed by atoms with Crippen molar-refractivity contribution in [2.75, 3.05) is 0 Å². The molecule has 0 fully saturated rings. The van der Waals surface area contributed by atoms with Gasteiger partial charge in [-0.2, -0.15) is 0 Å². The SMILES string of the molecule is NC(=O)c1ccc(Oc2cccc3c2CC(NCc2ccccc2)C3)nc1. The number of carbonyl (C=O) groups is 1. The van der Waals surface area contributed by atoms with E-state index in [4.69, 9.17) is 10.5 Å². The molecule has 1 atom stereocenters. The third-order valence-corrected chi connectivity index (χ3v) is 4.82. The number of hydrogen-bond acceptors (Lipinski definition) is 4. The van der Waals surface area contributed by atoms with Crippen LogP contribution >= 0.6 is 0 Å². The van der Waals surface area contributed by atoms with Gasteiger partial charge in [-0.3, -0.25) is 4.79 Å². The van der Waals surface area contributed by atoms with Crippen LogP contribution in [0.3, 0.4) is 0 Å². The van der Waals surface area contributed by atoms with Gasteiger partial charge in [0, 0.05) is 24.8 Å². The average Bonchev–Trinajstić information content (AvgIpc) is 3.12. The predicted molar refractivity (Wildman–Crippen MR) is 104 cm³/mol. The number of rotatable bonds is 6. The molecule has 0 saturated carbocycles. The second kappa shape index (κ2) is 7.60. The molecule has 1 aliphatic rings. The Bertz CT molecular complexity index is 940. The second-order valence-electron chi connectivity index (χ2n) is 6.72. The molecule has 27 heavy (non-hydrogen) atoms. The summed E-state index contributed by atoms with van der Waals surface area (Å²) in [6.45, 7) is 0.853. The van der Waals surface area contributed by atoms with Crippen LogP contribution in [-0.2, 0) is 19.4 Å². The minimum atomic E-state index is -0.498. The van der Waals surface area contributed by atoms with Crippen molar-refractivity contribution in [3.8, 4) is 11.6 Å². The number of nitrogens with zero attached hydrogens (tertiary/aromatic N) is 1. The summed E-state index contributed by atoms with van der Waals surface area (Å²) in [6.07, 6.45) is 3.33. The number of hydrogen-bond donors (Lipinski definition) is 2. The summed E-state index contributed by atoms with van der Waals surface area (Å²) in [7, 11) is 0. The van der Waals surface area contributed by atoms with E-state index in [-0.39, 0.29) is 0 Å². The number of fused-ring (bicyclic) bond motifs is 1. The Hall–Kier alpha value is -3.18. The van der Waals surface area contributed by atoms with Crippen molar-refractivity contribution in [3.05, 3.63) is 89.1 Å². The summed E-state index contributed by atoms with van der Waals surface area (Å²) in [5.74, 6) is 0.770. The molecule has 2 aromatic carbocycles. The van der Waals surface area contributed by atoms with Gasteiger partial charge in [-0.05, 0) is 41.7 Å². The quantitative estimate of drug-likeness (QED) is 0.708. The maximum Gasteiger partial charge on any atom is 0.250 e. The van der Waals surface area contributed by atoms with Crippen molar-refractivity contribution in [3.63, 3.8) is 0 Å². The molecule has 4 rings (SSSR count). The Morgan fingerprint density at radius 2 is 1.93 bits per heavy atom. The first kappa shape index (κ1) is 17.2. The van der Waals surface area contributed by atoms with Crippen LogP contribution in [0.15, 0.2) is 66.9 Å². The lowest BCUT2D eigenvalue weighted by molar-refractivity contribution is 0.1000. The van der Waals surface area contributed by atoms with E-state index in [1.165, 1.54) is 22.9 Å². The number of carbonyl (C=O) groups excluding carboxylic acids is 1. The van der Waals surface area contributed by atoms with Crippen molar-refractivity contribution in [1.82, 2.24) is 10.3 Å². The zero-order valence-corrected chi connectivity index (χ0v) is 14.9. The zero-order valence-electron chi connectivity index (χ0n) is 14.9. The maximum atomic E-state index is 11.2. The Morgan fingerprint density at radius 1 is 1.07 bits per heavy atom. The van der Waals surface area contributed by atoms with Crippen LogP contribution in [0.1, 0.15) is 27.0 Å². The van der Waals surface area contributed by atoms with Crippen LogP contribution in [0, 0.1) is 0 Å². The molecule has 0 spiro atoms. The van der Waals surface area contributed by atoms with Crippen molar-refractivity contribution in [2.45, 2.75) is 25.4 Å². The van der Waals surface area contributed by atoms with Gasteiger partial charge in [-0.15, -0.1) is 0 Å². The predicted octanol–water partition coefficient (Wildman–Crippen LogP) is 3.23. The number of ether oxygens (including phenoxy) is 1. The lowest BCUT2D eigenvalue weighted by Crippen LogP contribution is -2.28. The van der Waals surface area contributed by atoms with E-state index >= 15 is 0 Å². The molecule has 1 aromatic heterocycles. The van der Waals surface area contributed by atoms with Gasteiger partial charge >= 0.3 is 0 Å². The molecule has 3 N–H and O–H groups in total. The maximum absolute atomic E-state index is 11.2. The minimum absolute atomic E-state index is 0.366. The molecule has 1 heterocycles. The summed E-state index contributed by atoms with van der Waals surface area (Å²) in [5, 5.41) is 3.63. The van der Waals surface area contributed by atoms with Crippen LogP contribution in [-0.4, -0.2) is 16.9 Å². The number of pyridine rings is 1. The highest BCUT2D eigenvalue weighted by Crippen LogP contribution is 2.33. The van der Waals surface area contributed by atoms with E-state index in [2.05, 4.69) is 40.6 Å². The van der Waals surface area contributed by atoms with Crippen LogP contribution < -0.4 is 15.8 Å². The van der Waals surface area contributed by atoms with E-state index in [9.17, 15) is 4.79 Å². The second-order valence-corrected chi connectivity index (χ2v) is 6.72. The van der Waals surface area contributed by atoms with Gasteiger partial charge in [0.1, 0.15) is 5.75 Å². The summed E-state index contributed by atoms with van der Waals surface area (Å²) >= 11 is 0. The highest BCUT2D eigenvalue weighted by molar-refractivity contribution is 5.92. The molecule has 1 aliphatic carbocycles. The number of nitrogens with two attached hydrogens (primary N) is 1. The molecule has 3 aromatic rings. The monoisotopic (exact) mass is 359 g/mol. The molecule has 5 nitrogen and oxygen atoms in total. The van der Waals surface area contributed by atoms with E-state index in [1.54, 1.807) is 12.1 Å². The fourth-order valence-electron chi connectivity index (χ4n) is 3.42. The first-order valence-corrected chi connectivity index (χ1v) is 9.01. The van der Waals surface area contributed by atoms with Gasteiger partial charge in [0.25, 0.3) is 0 Å². The Kier molecular flexibility index (Phi) is 4.85. The van der Waals surface area contributed by atoms with Gasteiger partial charge in [0.05, 0.1) is 5.56 Å². The molecule has 1 amide bonds. The summed E-state index contributed by atoms with van der Waals surface area (Å²) < 4.78 is 5.98. The lowest BCUT2D eigenvalue weighted by atomic mass is 10.1. The lowest BCUT2D eigenvalue weighted by Gasteiger charge is -2.12. The van der Waals surface area contributed by atoms with Gasteiger partial charge in [0.15, 0.2) is 0 Å². The third kappa shape index (κ3) is 3.99. The van der Waals surface area contributed by atoms with Crippen LogP contribution in [0.4, 0.5) is 0 Å². The molecule has 0 radical (unpaired) electrons.